The molecule has 0 unspecified atom stereocenters. The van der Waals surface area contributed by atoms with Crippen LogP contribution in [-0.4, -0.2) is 36.9 Å². The molecule has 0 radical (unpaired) electrons. The maximum atomic E-state index is 11.5. The van der Waals surface area contributed by atoms with E-state index in [1.54, 1.807) is 18.2 Å². The summed E-state index contributed by atoms with van der Waals surface area (Å²) in [6, 6.07) is 10.1. The van der Waals surface area contributed by atoms with Crippen LogP contribution < -0.4 is 9.80 Å². The first kappa shape index (κ1) is 18.5. The largest absolute Gasteiger partial charge is 0.368 e. The van der Waals surface area contributed by atoms with Crippen molar-refractivity contribution in [2.24, 2.45) is 0 Å². The number of anilines is 2. The second kappa shape index (κ2) is 7.51. The highest BCUT2D eigenvalue weighted by Gasteiger charge is 2.25. The molecular weight excluding hydrogens is 377 g/mol. The van der Waals surface area contributed by atoms with Crippen LogP contribution in [0.4, 0.5) is 17.1 Å². The van der Waals surface area contributed by atoms with Crippen molar-refractivity contribution in [3.05, 3.63) is 62.1 Å². The number of halogens is 2. The second-order valence-corrected chi connectivity index (χ2v) is 6.90. The fourth-order valence-corrected chi connectivity index (χ4v) is 3.34. The van der Waals surface area contributed by atoms with Gasteiger partial charge >= 0.3 is 0 Å². The van der Waals surface area contributed by atoms with Crippen LogP contribution in [-0.2, 0) is 0 Å². The van der Waals surface area contributed by atoms with Crippen LogP contribution in [0.3, 0.4) is 0 Å². The number of Topliss-reactive ketones (excluding diaryl/α,β-unsaturated/α-hetero) is 1. The molecule has 2 aromatic carbocycles. The van der Waals surface area contributed by atoms with Crippen LogP contribution >= 0.6 is 23.2 Å². The first-order valence-electron chi connectivity index (χ1n) is 8.11. The maximum absolute atomic E-state index is 11.5. The minimum atomic E-state index is -0.437. The maximum Gasteiger partial charge on any atom is 0.293 e. The van der Waals surface area contributed by atoms with Gasteiger partial charge in [-0.05, 0) is 37.3 Å². The molecule has 26 heavy (non-hydrogen) atoms. The van der Waals surface area contributed by atoms with Gasteiger partial charge in [0.25, 0.3) is 5.69 Å². The quantitative estimate of drug-likeness (QED) is 0.436. The summed E-state index contributed by atoms with van der Waals surface area (Å²) >= 11 is 12.0. The highest BCUT2D eigenvalue weighted by atomic mass is 35.5. The number of ketones is 1. The van der Waals surface area contributed by atoms with Crippen LogP contribution in [0.2, 0.25) is 10.0 Å². The highest BCUT2D eigenvalue weighted by molar-refractivity contribution is 6.42. The average Bonchev–Trinajstić information content (AvgIpc) is 2.63. The van der Waals surface area contributed by atoms with Crippen molar-refractivity contribution in [2.45, 2.75) is 6.92 Å². The van der Waals surface area contributed by atoms with E-state index in [0.717, 1.165) is 5.69 Å². The lowest BCUT2D eigenvalue weighted by Crippen LogP contribution is -2.46. The van der Waals surface area contributed by atoms with Gasteiger partial charge in [0.05, 0.1) is 15.0 Å². The van der Waals surface area contributed by atoms with Gasteiger partial charge in [0.1, 0.15) is 5.69 Å². The van der Waals surface area contributed by atoms with E-state index in [0.29, 0.717) is 47.5 Å². The van der Waals surface area contributed by atoms with E-state index in [1.165, 1.54) is 13.0 Å². The third kappa shape index (κ3) is 3.76. The summed E-state index contributed by atoms with van der Waals surface area (Å²) in [6.07, 6.45) is 0. The third-order valence-corrected chi connectivity index (χ3v) is 5.21. The zero-order valence-corrected chi connectivity index (χ0v) is 15.6. The van der Waals surface area contributed by atoms with Gasteiger partial charge in [-0.2, -0.15) is 0 Å². The number of rotatable bonds is 4. The SMILES string of the molecule is CC(=O)c1ccc(N2CCN(c3ccc(Cl)c(Cl)c3)CC2)c([N+](=O)[O-])c1. The van der Waals surface area contributed by atoms with Crippen molar-refractivity contribution >= 4 is 46.0 Å². The predicted molar refractivity (Wildman–Crippen MR) is 104 cm³/mol. The Bertz CT molecular complexity index is 865. The summed E-state index contributed by atoms with van der Waals surface area (Å²) < 4.78 is 0. The van der Waals surface area contributed by atoms with E-state index in [2.05, 4.69) is 4.90 Å². The van der Waals surface area contributed by atoms with Gasteiger partial charge in [0.2, 0.25) is 0 Å². The summed E-state index contributed by atoms with van der Waals surface area (Å²) in [7, 11) is 0. The molecule has 1 aliphatic rings. The molecule has 3 rings (SSSR count). The Kier molecular flexibility index (Phi) is 5.34. The van der Waals surface area contributed by atoms with Gasteiger partial charge in [-0.1, -0.05) is 23.2 Å². The molecule has 136 valence electrons. The molecule has 0 aliphatic carbocycles. The van der Waals surface area contributed by atoms with Crippen LogP contribution in [0.15, 0.2) is 36.4 Å². The number of carbonyl (C=O) groups excluding carboxylic acids is 1. The fourth-order valence-electron chi connectivity index (χ4n) is 3.04. The topological polar surface area (TPSA) is 66.7 Å². The molecule has 0 amide bonds. The van der Waals surface area contributed by atoms with Crippen molar-refractivity contribution in [1.29, 1.82) is 0 Å². The molecule has 0 aromatic heterocycles. The minimum Gasteiger partial charge on any atom is -0.368 e. The predicted octanol–water partition coefficient (Wildman–Crippen LogP) is 4.43. The van der Waals surface area contributed by atoms with Crippen LogP contribution in [0.5, 0.6) is 0 Å². The van der Waals surface area contributed by atoms with Crippen molar-refractivity contribution < 1.29 is 9.72 Å². The lowest BCUT2D eigenvalue weighted by Gasteiger charge is -2.37. The molecule has 0 N–H and O–H groups in total. The molecule has 6 nitrogen and oxygen atoms in total. The van der Waals surface area contributed by atoms with E-state index in [1.807, 2.05) is 17.0 Å². The zero-order chi connectivity index (χ0) is 18.8. The van der Waals surface area contributed by atoms with E-state index in [9.17, 15) is 14.9 Å². The number of nitro groups is 1. The number of carbonyl (C=O) groups is 1. The average molecular weight is 394 g/mol. The van der Waals surface area contributed by atoms with Gasteiger partial charge in [-0.15, -0.1) is 0 Å². The van der Waals surface area contributed by atoms with Crippen molar-refractivity contribution in [1.82, 2.24) is 0 Å². The van der Waals surface area contributed by atoms with Gasteiger partial charge in [0, 0.05) is 43.5 Å². The van der Waals surface area contributed by atoms with Crippen molar-refractivity contribution in [2.75, 3.05) is 36.0 Å². The van der Waals surface area contributed by atoms with Gasteiger partial charge in [0.15, 0.2) is 5.78 Å². The standard InChI is InChI=1S/C18H17Cl2N3O3/c1-12(24)13-2-5-17(18(10-13)23(25)26)22-8-6-21(7-9-22)14-3-4-15(19)16(20)11-14/h2-5,10-11H,6-9H2,1H3. The number of benzene rings is 2. The molecule has 0 saturated carbocycles. The number of nitro benzene ring substituents is 1. The molecule has 1 fully saturated rings. The van der Waals surface area contributed by atoms with Crippen molar-refractivity contribution in [3.8, 4) is 0 Å². The number of nitrogens with zero attached hydrogens (tertiary/aromatic N) is 3. The summed E-state index contributed by atoms with van der Waals surface area (Å²) in [6.45, 7) is 4.04. The zero-order valence-electron chi connectivity index (χ0n) is 14.1. The van der Waals surface area contributed by atoms with Gasteiger partial charge in [-0.3, -0.25) is 14.9 Å². The summed E-state index contributed by atoms with van der Waals surface area (Å²) in [5, 5.41) is 12.4. The first-order chi connectivity index (χ1) is 12.4. The Hall–Kier alpha value is -2.31. The molecule has 0 spiro atoms. The monoisotopic (exact) mass is 393 g/mol. The second-order valence-electron chi connectivity index (χ2n) is 6.09. The number of hydrogen-bond donors (Lipinski definition) is 0. The molecule has 1 saturated heterocycles. The number of piperazine rings is 1. The molecule has 8 heteroatoms. The number of hydrogen-bond acceptors (Lipinski definition) is 5. The molecule has 1 aliphatic heterocycles. The summed E-state index contributed by atoms with van der Waals surface area (Å²) in [5.74, 6) is -0.191. The lowest BCUT2D eigenvalue weighted by molar-refractivity contribution is -0.384. The van der Waals surface area contributed by atoms with E-state index in [4.69, 9.17) is 23.2 Å². The van der Waals surface area contributed by atoms with Crippen LogP contribution in [0.1, 0.15) is 17.3 Å². The molecule has 0 atom stereocenters. The van der Waals surface area contributed by atoms with E-state index in [-0.39, 0.29) is 11.5 Å². The Labute approximate surface area is 161 Å². The van der Waals surface area contributed by atoms with Gasteiger partial charge in [-0.25, -0.2) is 0 Å². The summed E-state index contributed by atoms with van der Waals surface area (Å²) in [5.41, 5.74) is 1.81. The van der Waals surface area contributed by atoms with Crippen molar-refractivity contribution in [3.63, 3.8) is 0 Å². The molecule has 1 heterocycles. The van der Waals surface area contributed by atoms with Crippen LogP contribution in [0, 0.1) is 10.1 Å². The Morgan fingerprint density at radius 3 is 2.23 bits per heavy atom. The fraction of sp³-hybridized carbons (Fsp3) is 0.278. The lowest BCUT2D eigenvalue weighted by atomic mass is 10.1. The smallest absolute Gasteiger partial charge is 0.293 e. The Balaban J connectivity index is 1.78. The van der Waals surface area contributed by atoms with Crippen LogP contribution in [0.25, 0.3) is 0 Å². The molecular formula is C18H17Cl2N3O3. The van der Waals surface area contributed by atoms with E-state index < -0.39 is 4.92 Å². The third-order valence-electron chi connectivity index (χ3n) is 4.47. The molecule has 2 aromatic rings. The Morgan fingerprint density at radius 1 is 1.00 bits per heavy atom. The minimum absolute atomic E-state index is 0.0410. The summed E-state index contributed by atoms with van der Waals surface area (Å²) in [4.78, 5) is 26.6. The normalized spacial score (nSPS) is 14.4. The van der Waals surface area contributed by atoms with Gasteiger partial charge < -0.3 is 9.80 Å². The highest BCUT2D eigenvalue weighted by Crippen LogP contribution is 2.32. The first-order valence-corrected chi connectivity index (χ1v) is 8.86. The Morgan fingerprint density at radius 2 is 1.65 bits per heavy atom. The van der Waals surface area contributed by atoms with E-state index >= 15 is 0 Å². The molecule has 0 bridgehead atoms.